The number of rotatable bonds is 9. The van der Waals surface area contributed by atoms with E-state index in [1.807, 2.05) is 36.1 Å². The maximum atomic E-state index is 10.8. The largest absolute Gasteiger partial charge is 0.492 e. The fraction of sp³-hybridized carbons (Fsp3) is 0.429. The van der Waals surface area contributed by atoms with Crippen molar-refractivity contribution in [1.82, 2.24) is 4.90 Å². The average molecular weight is 295 g/mol. The lowest BCUT2D eigenvalue weighted by molar-refractivity contribution is -0.119. The molecular formula is C14H21N3O2S. The predicted molar refractivity (Wildman–Crippen MR) is 83.7 cm³/mol. The van der Waals surface area contributed by atoms with Crippen molar-refractivity contribution in [2.45, 2.75) is 13.3 Å². The summed E-state index contributed by atoms with van der Waals surface area (Å²) in [6.45, 7) is 4.17. The fourth-order valence-electron chi connectivity index (χ4n) is 1.77. The first-order chi connectivity index (χ1) is 9.51. The molecule has 1 rings (SSSR count). The van der Waals surface area contributed by atoms with Crippen LogP contribution in [-0.4, -0.2) is 42.0 Å². The first kappa shape index (κ1) is 16.4. The molecule has 4 N–H and O–H groups in total. The Morgan fingerprint density at radius 1 is 1.30 bits per heavy atom. The van der Waals surface area contributed by atoms with Crippen molar-refractivity contribution < 1.29 is 9.53 Å². The molecule has 0 unspecified atom stereocenters. The molecule has 0 saturated heterocycles. The quantitative estimate of drug-likeness (QED) is 0.655. The average Bonchev–Trinajstić information content (AvgIpc) is 2.38. The summed E-state index contributed by atoms with van der Waals surface area (Å²) in [7, 11) is 0. The van der Waals surface area contributed by atoms with Gasteiger partial charge in [-0.25, -0.2) is 0 Å². The summed E-state index contributed by atoms with van der Waals surface area (Å²) >= 11 is 4.86. The highest BCUT2D eigenvalue weighted by Gasteiger charge is 2.05. The molecule has 0 bridgehead atoms. The summed E-state index contributed by atoms with van der Waals surface area (Å²) in [6.07, 6.45) is 0.595. The van der Waals surface area contributed by atoms with Crippen LogP contribution in [0.5, 0.6) is 5.75 Å². The lowest BCUT2D eigenvalue weighted by atomic mass is 10.1. The predicted octanol–water partition coefficient (Wildman–Crippen LogP) is 0.701. The van der Waals surface area contributed by atoms with Crippen molar-refractivity contribution in [2.75, 3.05) is 26.2 Å². The molecule has 0 aliphatic carbocycles. The number of primary amides is 1. The number of carbonyl (C=O) groups is 1. The fourth-order valence-corrected chi connectivity index (χ4v) is 1.93. The topological polar surface area (TPSA) is 81.6 Å². The molecule has 0 saturated carbocycles. The van der Waals surface area contributed by atoms with Crippen molar-refractivity contribution in [3.63, 3.8) is 0 Å². The summed E-state index contributed by atoms with van der Waals surface area (Å²) in [5.74, 6) is 0.459. The number of nitrogens with zero attached hydrogens (tertiary/aromatic N) is 1. The molecule has 20 heavy (non-hydrogen) atoms. The third-order valence-electron chi connectivity index (χ3n) is 2.80. The van der Waals surface area contributed by atoms with Gasteiger partial charge in [0, 0.05) is 13.0 Å². The van der Waals surface area contributed by atoms with Crippen molar-refractivity contribution in [3.05, 3.63) is 29.8 Å². The lowest BCUT2D eigenvalue weighted by Gasteiger charge is -2.18. The number of thiocarbonyl (C=S) groups is 1. The van der Waals surface area contributed by atoms with Crippen molar-refractivity contribution in [2.24, 2.45) is 11.5 Å². The zero-order valence-electron chi connectivity index (χ0n) is 11.7. The van der Waals surface area contributed by atoms with Crippen LogP contribution in [0.1, 0.15) is 12.5 Å². The smallest absolute Gasteiger partial charge is 0.231 e. The third kappa shape index (κ3) is 6.49. The second-order valence-electron chi connectivity index (χ2n) is 4.47. The number of carbonyl (C=O) groups excluding carboxylic acids is 1. The summed E-state index contributed by atoms with van der Waals surface area (Å²) in [5.41, 5.74) is 11.7. The highest BCUT2D eigenvalue weighted by Crippen LogP contribution is 2.12. The summed E-state index contributed by atoms with van der Waals surface area (Å²) in [6, 6.07) is 7.65. The normalized spacial score (nSPS) is 10.5. The van der Waals surface area contributed by atoms with E-state index in [1.165, 1.54) is 0 Å². The lowest BCUT2D eigenvalue weighted by Crippen LogP contribution is -2.36. The minimum absolute atomic E-state index is 0.257. The Morgan fingerprint density at radius 3 is 2.45 bits per heavy atom. The molecule has 0 aliphatic rings. The molecule has 0 fully saturated rings. The molecule has 0 radical (unpaired) electrons. The van der Waals surface area contributed by atoms with Crippen LogP contribution in [-0.2, 0) is 11.2 Å². The van der Waals surface area contributed by atoms with Crippen LogP contribution in [0, 0.1) is 0 Å². The second kappa shape index (κ2) is 8.50. The van der Waals surface area contributed by atoms with Gasteiger partial charge in [-0.2, -0.15) is 0 Å². The molecule has 6 heteroatoms. The zero-order chi connectivity index (χ0) is 15.0. The van der Waals surface area contributed by atoms with E-state index in [9.17, 15) is 4.79 Å². The number of hydrogen-bond acceptors (Lipinski definition) is 4. The van der Waals surface area contributed by atoms with Gasteiger partial charge in [-0.1, -0.05) is 31.3 Å². The standard InChI is InChI=1S/C14H21N3O2S/c1-2-17(10-13(15)18)7-8-19-12-5-3-11(4-6-12)9-14(16)20/h3-6H,2,7-10H2,1H3,(H2,15,18)(H2,16,20). The Bertz CT molecular complexity index is 448. The number of nitrogens with two attached hydrogens (primary N) is 2. The maximum Gasteiger partial charge on any atom is 0.231 e. The molecular weight excluding hydrogens is 274 g/mol. The monoisotopic (exact) mass is 295 g/mol. The van der Waals surface area contributed by atoms with Gasteiger partial charge in [-0.05, 0) is 24.2 Å². The van der Waals surface area contributed by atoms with Crippen LogP contribution in [0.15, 0.2) is 24.3 Å². The number of likely N-dealkylation sites (N-methyl/N-ethyl adjacent to an activating group) is 1. The van der Waals surface area contributed by atoms with E-state index in [1.54, 1.807) is 0 Å². The first-order valence-corrected chi connectivity index (χ1v) is 6.92. The van der Waals surface area contributed by atoms with Crippen LogP contribution in [0.2, 0.25) is 0 Å². The van der Waals surface area contributed by atoms with Gasteiger partial charge in [0.05, 0.1) is 11.5 Å². The third-order valence-corrected chi connectivity index (χ3v) is 2.95. The van der Waals surface area contributed by atoms with E-state index < -0.39 is 0 Å². The highest BCUT2D eigenvalue weighted by atomic mass is 32.1. The van der Waals surface area contributed by atoms with E-state index in [-0.39, 0.29) is 12.5 Å². The van der Waals surface area contributed by atoms with Crippen LogP contribution in [0.25, 0.3) is 0 Å². The van der Waals surface area contributed by atoms with Crippen LogP contribution >= 0.6 is 12.2 Å². The zero-order valence-corrected chi connectivity index (χ0v) is 12.5. The molecule has 0 aliphatic heterocycles. The molecule has 0 atom stereocenters. The molecule has 110 valence electrons. The van der Waals surface area contributed by atoms with Gasteiger partial charge in [0.25, 0.3) is 0 Å². The van der Waals surface area contributed by atoms with Crippen molar-refractivity contribution in [1.29, 1.82) is 0 Å². The number of amides is 1. The van der Waals surface area contributed by atoms with Gasteiger partial charge >= 0.3 is 0 Å². The highest BCUT2D eigenvalue weighted by molar-refractivity contribution is 7.80. The number of ether oxygens (including phenoxy) is 1. The SMILES string of the molecule is CCN(CCOc1ccc(CC(N)=S)cc1)CC(N)=O. The molecule has 0 spiro atoms. The summed E-state index contributed by atoms with van der Waals surface area (Å²) in [5, 5.41) is 0. The Kier molecular flexibility index (Phi) is 6.97. The maximum absolute atomic E-state index is 10.8. The molecule has 0 aromatic heterocycles. The molecule has 1 amide bonds. The first-order valence-electron chi connectivity index (χ1n) is 6.52. The van der Waals surface area contributed by atoms with Gasteiger partial charge in [0.2, 0.25) is 5.91 Å². The Morgan fingerprint density at radius 2 is 1.95 bits per heavy atom. The van der Waals surface area contributed by atoms with E-state index in [4.69, 9.17) is 28.4 Å². The van der Waals surface area contributed by atoms with E-state index in [0.717, 1.165) is 17.9 Å². The van der Waals surface area contributed by atoms with Gasteiger partial charge in [-0.15, -0.1) is 0 Å². The van der Waals surface area contributed by atoms with Crippen LogP contribution < -0.4 is 16.2 Å². The number of benzene rings is 1. The minimum atomic E-state index is -0.325. The second-order valence-corrected chi connectivity index (χ2v) is 4.99. The van der Waals surface area contributed by atoms with E-state index in [0.29, 0.717) is 24.6 Å². The molecule has 5 nitrogen and oxygen atoms in total. The van der Waals surface area contributed by atoms with Gasteiger partial charge in [-0.3, -0.25) is 9.69 Å². The molecule has 1 aromatic carbocycles. The summed E-state index contributed by atoms with van der Waals surface area (Å²) < 4.78 is 5.62. The van der Waals surface area contributed by atoms with Gasteiger partial charge in [0.1, 0.15) is 12.4 Å². The molecule has 1 aromatic rings. The van der Waals surface area contributed by atoms with E-state index in [2.05, 4.69) is 0 Å². The van der Waals surface area contributed by atoms with Crippen molar-refractivity contribution >= 4 is 23.1 Å². The molecule has 0 heterocycles. The van der Waals surface area contributed by atoms with E-state index >= 15 is 0 Å². The van der Waals surface area contributed by atoms with Crippen LogP contribution in [0.3, 0.4) is 0 Å². The Hall–Kier alpha value is -1.66. The Labute approximate surface area is 124 Å². The van der Waals surface area contributed by atoms with Crippen LogP contribution in [0.4, 0.5) is 0 Å². The summed E-state index contributed by atoms with van der Waals surface area (Å²) in [4.78, 5) is 13.3. The Balaban J connectivity index is 2.37. The van der Waals surface area contributed by atoms with Crippen molar-refractivity contribution in [3.8, 4) is 5.75 Å². The minimum Gasteiger partial charge on any atom is -0.492 e. The van der Waals surface area contributed by atoms with Gasteiger partial charge < -0.3 is 16.2 Å². The number of hydrogen-bond donors (Lipinski definition) is 2. The van der Waals surface area contributed by atoms with Gasteiger partial charge in [0.15, 0.2) is 0 Å².